The maximum absolute atomic E-state index is 12.7. The minimum Gasteiger partial charge on any atom is -0.481 e. The second-order valence-electron chi connectivity index (χ2n) is 7.35. The van der Waals surface area contributed by atoms with Crippen LogP contribution in [0, 0.1) is 0 Å². The van der Waals surface area contributed by atoms with Crippen molar-refractivity contribution >= 4 is 29.4 Å². The van der Waals surface area contributed by atoms with Gasteiger partial charge in [0.15, 0.2) is 0 Å². The van der Waals surface area contributed by atoms with E-state index in [4.69, 9.17) is 5.11 Å². The van der Waals surface area contributed by atoms with Gasteiger partial charge in [-0.1, -0.05) is 68.6 Å². The molecule has 31 heavy (non-hydrogen) atoms. The molecular weight excluding hydrogens is 408 g/mol. The van der Waals surface area contributed by atoms with Crippen LogP contribution in [0.4, 0.5) is 10.5 Å². The van der Waals surface area contributed by atoms with E-state index in [0.717, 1.165) is 33.9 Å². The van der Waals surface area contributed by atoms with Crippen LogP contribution < -0.4 is 10.2 Å². The smallest absolute Gasteiger partial charge is 0.322 e. The highest BCUT2D eigenvalue weighted by atomic mass is 32.2. The topological polar surface area (TPSA) is 69.6 Å². The van der Waals surface area contributed by atoms with E-state index in [2.05, 4.69) is 18.8 Å². The molecule has 5 nitrogen and oxygen atoms in total. The lowest BCUT2D eigenvalue weighted by molar-refractivity contribution is -0.136. The summed E-state index contributed by atoms with van der Waals surface area (Å²) < 4.78 is 0. The average molecular weight is 441 g/mol. The van der Waals surface area contributed by atoms with Crippen molar-refractivity contribution < 1.29 is 14.7 Å². The van der Waals surface area contributed by atoms with Crippen molar-refractivity contribution in [2.75, 3.05) is 18.0 Å². The van der Waals surface area contributed by atoms with E-state index in [-0.39, 0.29) is 12.5 Å². The van der Waals surface area contributed by atoms with Gasteiger partial charge in [0.1, 0.15) is 0 Å². The van der Waals surface area contributed by atoms with Crippen LogP contribution in [0.15, 0.2) is 71.0 Å². The number of nitrogens with one attached hydrogen (secondary N) is 1. The quantitative estimate of drug-likeness (QED) is 0.290. The van der Waals surface area contributed by atoms with Crippen LogP contribution in [-0.4, -0.2) is 30.2 Å². The number of anilines is 1. The van der Waals surface area contributed by atoms with Crippen molar-refractivity contribution in [1.29, 1.82) is 0 Å². The van der Waals surface area contributed by atoms with Gasteiger partial charge >= 0.3 is 12.0 Å². The lowest BCUT2D eigenvalue weighted by atomic mass is 10.1. The van der Waals surface area contributed by atoms with Gasteiger partial charge in [0.05, 0.1) is 6.42 Å². The predicted octanol–water partition coefficient (Wildman–Crippen LogP) is 6.14. The lowest BCUT2D eigenvalue weighted by Gasteiger charge is -2.23. The molecule has 6 heteroatoms. The van der Waals surface area contributed by atoms with Gasteiger partial charge in [0.25, 0.3) is 0 Å². The maximum Gasteiger partial charge on any atom is 0.322 e. The number of aliphatic carboxylic acids is 1. The Morgan fingerprint density at radius 3 is 2.48 bits per heavy atom. The van der Waals surface area contributed by atoms with Crippen LogP contribution in [0.1, 0.15) is 44.6 Å². The second kappa shape index (κ2) is 13.5. The fraction of sp³-hybridized carbons (Fsp3) is 0.360. The molecule has 0 aromatic heterocycles. The molecule has 0 unspecified atom stereocenters. The fourth-order valence-electron chi connectivity index (χ4n) is 3.18. The molecule has 0 heterocycles. The Morgan fingerprint density at radius 1 is 1.06 bits per heavy atom. The van der Waals surface area contributed by atoms with Crippen molar-refractivity contribution in [2.24, 2.45) is 0 Å². The highest BCUT2D eigenvalue weighted by molar-refractivity contribution is 7.99. The highest BCUT2D eigenvalue weighted by Gasteiger charge is 2.15. The molecule has 2 aromatic rings. The SMILES string of the molecule is C=CCNC(=O)N(CCCCCCC)c1cccc(Sc2ccc(CC(=O)O)cc2)c1. The first-order chi connectivity index (χ1) is 15.0. The van der Waals surface area contributed by atoms with E-state index in [0.29, 0.717) is 13.1 Å². The first kappa shape index (κ1) is 24.5. The van der Waals surface area contributed by atoms with Crippen LogP contribution in [-0.2, 0) is 11.2 Å². The molecule has 0 saturated heterocycles. The number of rotatable bonds is 13. The molecule has 2 amide bonds. The predicted molar refractivity (Wildman–Crippen MR) is 128 cm³/mol. The molecular formula is C25H32N2O3S. The molecule has 0 aliphatic rings. The summed E-state index contributed by atoms with van der Waals surface area (Å²) in [4.78, 5) is 27.4. The Labute approximate surface area is 189 Å². The number of carbonyl (C=O) groups is 2. The van der Waals surface area contributed by atoms with Gasteiger partial charge < -0.3 is 10.4 Å². The molecule has 2 rings (SSSR count). The van der Waals surface area contributed by atoms with Crippen LogP contribution in [0.5, 0.6) is 0 Å². The number of amides is 2. The highest BCUT2D eigenvalue weighted by Crippen LogP contribution is 2.31. The third-order valence-corrected chi connectivity index (χ3v) is 5.77. The van der Waals surface area contributed by atoms with Gasteiger partial charge in [0, 0.05) is 28.6 Å². The first-order valence-corrected chi connectivity index (χ1v) is 11.6. The van der Waals surface area contributed by atoms with E-state index < -0.39 is 5.97 Å². The number of hydrogen-bond acceptors (Lipinski definition) is 3. The summed E-state index contributed by atoms with van der Waals surface area (Å²) in [5.74, 6) is -0.836. The number of nitrogens with zero attached hydrogens (tertiary/aromatic N) is 1. The Morgan fingerprint density at radius 2 is 1.81 bits per heavy atom. The summed E-state index contributed by atoms with van der Waals surface area (Å²) in [6, 6.07) is 15.4. The molecule has 0 fully saturated rings. The number of unbranched alkanes of at least 4 members (excludes halogenated alkanes) is 4. The Hall–Kier alpha value is -2.73. The molecule has 0 radical (unpaired) electrons. The number of carboxylic acids is 1. The van der Waals surface area contributed by atoms with Crippen molar-refractivity contribution in [3.05, 3.63) is 66.7 Å². The van der Waals surface area contributed by atoms with E-state index in [9.17, 15) is 9.59 Å². The fourth-order valence-corrected chi connectivity index (χ4v) is 4.05. The Bertz CT molecular complexity index is 852. The van der Waals surface area contributed by atoms with Crippen LogP contribution in [0.25, 0.3) is 0 Å². The molecule has 0 saturated carbocycles. The number of hydrogen-bond donors (Lipinski definition) is 2. The third-order valence-electron chi connectivity index (χ3n) is 4.77. The molecule has 2 N–H and O–H groups in total. The number of carbonyl (C=O) groups excluding carboxylic acids is 1. The minimum atomic E-state index is -0.836. The Balaban J connectivity index is 2.09. The lowest BCUT2D eigenvalue weighted by Crippen LogP contribution is -2.40. The normalized spacial score (nSPS) is 10.5. The average Bonchev–Trinajstić information content (AvgIpc) is 2.76. The van der Waals surface area contributed by atoms with Crippen molar-refractivity contribution in [3.63, 3.8) is 0 Å². The molecule has 0 spiro atoms. The molecule has 2 aromatic carbocycles. The van der Waals surface area contributed by atoms with Crippen molar-refractivity contribution in [1.82, 2.24) is 5.32 Å². The zero-order valence-electron chi connectivity index (χ0n) is 18.2. The molecule has 0 aliphatic heterocycles. The summed E-state index contributed by atoms with van der Waals surface area (Å²) in [6.07, 6.45) is 7.37. The van der Waals surface area contributed by atoms with Gasteiger partial charge in [-0.2, -0.15) is 0 Å². The zero-order chi connectivity index (χ0) is 22.5. The van der Waals surface area contributed by atoms with E-state index in [1.54, 1.807) is 22.7 Å². The number of urea groups is 1. The van der Waals surface area contributed by atoms with Crippen LogP contribution in [0.3, 0.4) is 0 Å². The number of benzene rings is 2. The molecule has 0 atom stereocenters. The number of carboxylic acid groups (broad SMARTS) is 1. The first-order valence-electron chi connectivity index (χ1n) is 10.8. The van der Waals surface area contributed by atoms with E-state index in [1.165, 1.54) is 19.3 Å². The summed E-state index contributed by atoms with van der Waals surface area (Å²) in [7, 11) is 0. The molecule has 0 bridgehead atoms. The van der Waals surface area contributed by atoms with Gasteiger partial charge in [-0.25, -0.2) is 4.79 Å². The van der Waals surface area contributed by atoms with Crippen molar-refractivity contribution in [2.45, 2.75) is 55.2 Å². The minimum absolute atomic E-state index is 0.0213. The van der Waals surface area contributed by atoms with Crippen molar-refractivity contribution in [3.8, 4) is 0 Å². The zero-order valence-corrected chi connectivity index (χ0v) is 19.0. The maximum atomic E-state index is 12.7. The largest absolute Gasteiger partial charge is 0.481 e. The monoisotopic (exact) mass is 440 g/mol. The summed E-state index contributed by atoms with van der Waals surface area (Å²) >= 11 is 1.59. The van der Waals surface area contributed by atoms with Gasteiger partial charge in [-0.3, -0.25) is 9.69 Å². The summed E-state index contributed by atoms with van der Waals surface area (Å²) in [6.45, 7) is 6.97. The van der Waals surface area contributed by atoms with Gasteiger partial charge in [-0.15, -0.1) is 6.58 Å². The second-order valence-corrected chi connectivity index (χ2v) is 8.50. The summed E-state index contributed by atoms with van der Waals surface area (Å²) in [5.41, 5.74) is 1.64. The van der Waals surface area contributed by atoms with Crippen LogP contribution in [0.2, 0.25) is 0 Å². The molecule has 166 valence electrons. The standard InChI is InChI=1S/C25H32N2O3S/c1-3-5-6-7-8-17-27(25(30)26-16-4-2)21-10-9-11-23(19-21)31-22-14-12-20(13-15-22)18-24(28)29/h4,9-15,19H,2-3,5-8,16-18H2,1H3,(H,26,30)(H,28,29). The summed E-state index contributed by atoms with van der Waals surface area (Å²) in [5, 5.41) is 11.8. The van der Waals surface area contributed by atoms with Gasteiger partial charge in [0.2, 0.25) is 0 Å². The third kappa shape index (κ3) is 8.89. The van der Waals surface area contributed by atoms with E-state index in [1.807, 2.05) is 48.5 Å². The molecule has 0 aliphatic carbocycles. The van der Waals surface area contributed by atoms with E-state index >= 15 is 0 Å². The van der Waals surface area contributed by atoms with Crippen LogP contribution >= 0.6 is 11.8 Å². The van der Waals surface area contributed by atoms with Gasteiger partial charge in [-0.05, 0) is 42.3 Å². The Kier molecular flexibility index (Phi) is 10.7.